The van der Waals surface area contributed by atoms with E-state index >= 15 is 0 Å². The molecule has 0 fully saturated rings. The second-order valence-electron chi connectivity index (χ2n) is 6.29. The molecule has 0 unspecified atom stereocenters. The monoisotopic (exact) mass is 633 g/mol. The van der Waals surface area contributed by atoms with E-state index in [1.165, 1.54) is 18.2 Å². The molecule has 0 radical (unpaired) electrons. The molecule has 32 heavy (non-hydrogen) atoms. The topological polar surface area (TPSA) is 100 Å². The molecule has 3 rings (SSSR count). The molecular formula is C19H12F6N6Pt. The minimum absolute atomic E-state index is 0. The normalized spacial score (nSPS) is 12.4. The van der Waals surface area contributed by atoms with Gasteiger partial charge in [-0.15, -0.1) is 5.70 Å². The van der Waals surface area contributed by atoms with Gasteiger partial charge in [0.2, 0.25) is 0 Å². The minimum Gasteiger partial charge on any atom is -0.697 e. The molecule has 0 aliphatic heterocycles. The molecule has 0 aliphatic rings. The van der Waals surface area contributed by atoms with Gasteiger partial charge in [-0.25, -0.2) is 0 Å². The van der Waals surface area contributed by atoms with Gasteiger partial charge in [0.05, 0.1) is 0 Å². The molecule has 2 N–H and O–H groups in total. The predicted octanol–water partition coefficient (Wildman–Crippen LogP) is 5.08. The van der Waals surface area contributed by atoms with Crippen molar-refractivity contribution < 1.29 is 47.4 Å². The maximum atomic E-state index is 12.7. The largest absolute Gasteiger partial charge is 2.00 e. The molecule has 6 nitrogen and oxygen atoms in total. The Hall–Kier alpha value is -3.01. The van der Waals surface area contributed by atoms with Crippen LogP contribution in [0.5, 0.6) is 0 Å². The third kappa shape index (κ3) is 6.25. The number of rotatable bonds is 5. The van der Waals surface area contributed by atoms with Crippen molar-refractivity contribution in [1.29, 1.82) is 5.41 Å². The summed E-state index contributed by atoms with van der Waals surface area (Å²) in [6, 6.07) is 9.76. The minimum atomic E-state index is -4.87. The third-order valence-electron chi connectivity index (χ3n) is 3.94. The van der Waals surface area contributed by atoms with Crippen LogP contribution in [-0.4, -0.2) is 27.0 Å². The van der Waals surface area contributed by atoms with Gasteiger partial charge < -0.3 is 15.9 Å². The van der Waals surface area contributed by atoms with Gasteiger partial charge in [-0.1, -0.05) is 17.8 Å². The molecule has 0 saturated heterocycles. The zero-order valence-electron chi connectivity index (χ0n) is 15.7. The van der Waals surface area contributed by atoms with Crippen LogP contribution in [0.2, 0.25) is 0 Å². The fraction of sp³-hybridized carbons (Fsp3) is 0.158. The SMILES string of the molecule is N=C(/C=C(\[NH-])c1cccc(Cc2cccc(-c3cc(C(F)(F)F)n[n-]3)n2)n1)C(F)(F)F.[Pt+2]. The zero-order valence-corrected chi connectivity index (χ0v) is 18.0. The average Bonchev–Trinajstić information content (AvgIpc) is 3.18. The number of hydrogen-bond acceptors (Lipinski definition) is 4. The second kappa shape index (κ2) is 9.64. The smallest absolute Gasteiger partial charge is 0.697 e. The summed E-state index contributed by atoms with van der Waals surface area (Å²) in [5.74, 6) is 0. The summed E-state index contributed by atoms with van der Waals surface area (Å²) in [5, 5.41) is 13.5. The van der Waals surface area contributed by atoms with Crippen molar-refractivity contribution in [3.63, 3.8) is 0 Å². The Bertz CT molecular complexity index is 1140. The summed E-state index contributed by atoms with van der Waals surface area (Å²) < 4.78 is 75.6. The Morgan fingerprint density at radius 1 is 1.00 bits per heavy atom. The van der Waals surface area contributed by atoms with E-state index in [0.29, 0.717) is 17.5 Å². The van der Waals surface area contributed by atoms with Gasteiger partial charge in [0, 0.05) is 29.2 Å². The van der Waals surface area contributed by atoms with Crippen LogP contribution >= 0.6 is 0 Å². The van der Waals surface area contributed by atoms with E-state index in [1.54, 1.807) is 18.2 Å². The second-order valence-corrected chi connectivity index (χ2v) is 6.29. The van der Waals surface area contributed by atoms with E-state index in [9.17, 15) is 26.3 Å². The third-order valence-corrected chi connectivity index (χ3v) is 3.94. The fourth-order valence-corrected chi connectivity index (χ4v) is 2.49. The summed E-state index contributed by atoms with van der Waals surface area (Å²) in [5.41, 5.74) is 5.15. The van der Waals surface area contributed by atoms with E-state index in [1.807, 2.05) is 0 Å². The Morgan fingerprint density at radius 3 is 2.22 bits per heavy atom. The maximum Gasteiger partial charge on any atom is 2.00 e. The number of nitrogens with zero attached hydrogens (tertiary/aromatic N) is 4. The summed E-state index contributed by atoms with van der Waals surface area (Å²) in [6.45, 7) is 0. The number of alkyl halides is 6. The Kier molecular flexibility index (Phi) is 7.61. The summed E-state index contributed by atoms with van der Waals surface area (Å²) in [4.78, 5) is 8.34. The van der Waals surface area contributed by atoms with Crippen molar-refractivity contribution in [1.82, 2.24) is 20.2 Å². The molecule has 0 amide bonds. The number of nitrogens with one attached hydrogen (secondary N) is 2. The van der Waals surface area contributed by atoms with Crippen LogP contribution in [-0.2, 0) is 33.7 Å². The summed E-state index contributed by atoms with van der Waals surface area (Å²) in [6.07, 6.45) is -9.04. The van der Waals surface area contributed by atoms with Crippen LogP contribution in [0, 0.1) is 5.41 Å². The average molecular weight is 633 g/mol. The van der Waals surface area contributed by atoms with E-state index in [-0.39, 0.29) is 44.6 Å². The van der Waals surface area contributed by atoms with Crippen LogP contribution in [0.3, 0.4) is 0 Å². The Labute approximate surface area is 191 Å². The van der Waals surface area contributed by atoms with Crippen molar-refractivity contribution in [2.24, 2.45) is 0 Å². The van der Waals surface area contributed by atoms with Crippen molar-refractivity contribution in [2.75, 3.05) is 0 Å². The quantitative estimate of drug-likeness (QED) is 0.313. The van der Waals surface area contributed by atoms with Crippen LogP contribution in [0.25, 0.3) is 22.8 Å². The summed E-state index contributed by atoms with van der Waals surface area (Å²) in [7, 11) is 0. The Morgan fingerprint density at radius 2 is 1.62 bits per heavy atom. The van der Waals surface area contributed by atoms with Gasteiger partial charge in [-0.3, -0.25) is 15.4 Å². The molecule has 0 atom stereocenters. The number of allylic oxidation sites excluding steroid dienone is 1. The van der Waals surface area contributed by atoms with Crippen LogP contribution < -0.4 is 5.10 Å². The molecule has 0 bridgehead atoms. The fourth-order valence-electron chi connectivity index (χ4n) is 2.49. The van der Waals surface area contributed by atoms with Crippen LogP contribution in [0.1, 0.15) is 22.8 Å². The first-order valence-corrected chi connectivity index (χ1v) is 8.53. The molecular weight excluding hydrogens is 621 g/mol. The number of pyridine rings is 2. The van der Waals surface area contributed by atoms with Crippen molar-refractivity contribution in [3.8, 4) is 11.4 Å². The van der Waals surface area contributed by atoms with Gasteiger partial charge in [-0.2, -0.15) is 26.3 Å². The molecule has 0 aromatic carbocycles. The number of hydrogen-bond donors (Lipinski definition) is 1. The maximum absolute atomic E-state index is 12.7. The number of halogens is 6. The van der Waals surface area contributed by atoms with Gasteiger partial charge in [-0.05, 0) is 36.4 Å². The molecule has 0 spiro atoms. The van der Waals surface area contributed by atoms with Crippen LogP contribution in [0.15, 0.2) is 48.5 Å². The van der Waals surface area contributed by atoms with E-state index < -0.39 is 29.5 Å². The molecule has 3 heterocycles. The predicted molar refractivity (Wildman–Crippen MR) is 98.9 cm³/mol. The van der Waals surface area contributed by atoms with Crippen molar-refractivity contribution in [2.45, 2.75) is 18.8 Å². The summed E-state index contributed by atoms with van der Waals surface area (Å²) >= 11 is 0. The van der Waals surface area contributed by atoms with Gasteiger partial charge in [0.15, 0.2) is 0 Å². The van der Waals surface area contributed by atoms with E-state index in [0.717, 1.165) is 6.07 Å². The molecule has 3 aromatic rings. The van der Waals surface area contributed by atoms with E-state index in [4.69, 9.17) is 11.1 Å². The first-order chi connectivity index (χ1) is 14.4. The standard InChI is InChI=1S/C19H12F6N6.Pt/c20-18(21,22)16(27)8-12(26)13-5-1-3-10(28-13)7-11-4-2-6-14(29-11)15-9-17(31-30-15)19(23,24)25;/h1-6,8-9,26-27H,7H2;/q-2;+2/b12-8-,27-16?;. The van der Waals surface area contributed by atoms with Gasteiger partial charge >= 0.3 is 33.4 Å². The number of aromatic nitrogens is 4. The molecule has 3 aromatic heterocycles. The first-order valence-electron chi connectivity index (χ1n) is 8.53. The van der Waals surface area contributed by atoms with E-state index in [2.05, 4.69) is 20.2 Å². The zero-order chi connectivity index (χ0) is 22.8. The molecule has 13 heteroatoms. The molecule has 170 valence electrons. The van der Waals surface area contributed by atoms with Crippen molar-refractivity contribution in [3.05, 3.63) is 77.0 Å². The Balaban J connectivity index is 0.00000363. The van der Waals surface area contributed by atoms with Crippen molar-refractivity contribution >= 4 is 11.4 Å². The first kappa shape index (κ1) is 25.3. The van der Waals surface area contributed by atoms with Gasteiger partial charge in [0.25, 0.3) is 0 Å². The molecule has 0 saturated carbocycles. The van der Waals surface area contributed by atoms with Gasteiger partial charge in [0.1, 0.15) is 11.4 Å². The van der Waals surface area contributed by atoms with Crippen LogP contribution in [0.4, 0.5) is 26.3 Å². The molecule has 0 aliphatic carbocycles.